The second-order valence-electron chi connectivity index (χ2n) is 6.94. The van der Waals surface area contributed by atoms with Crippen LogP contribution >= 0.6 is 23.5 Å². The highest BCUT2D eigenvalue weighted by Crippen LogP contribution is 2.66. The lowest BCUT2D eigenvalue weighted by molar-refractivity contribution is -0.0541. The average Bonchev–Trinajstić information content (AvgIpc) is 3.22. The van der Waals surface area contributed by atoms with Crippen molar-refractivity contribution in [2.24, 2.45) is 0 Å². The van der Waals surface area contributed by atoms with Crippen molar-refractivity contribution in [2.75, 3.05) is 12.3 Å². The van der Waals surface area contributed by atoms with E-state index in [9.17, 15) is 33.6 Å². The summed E-state index contributed by atoms with van der Waals surface area (Å²) in [5.41, 5.74) is 5.30. The average molecular weight is 564 g/mol. The summed E-state index contributed by atoms with van der Waals surface area (Å²) in [5, 5.41) is 28.1. The molecule has 2 aromatic heterocycles. The van der Waals surface area contributed by atoms with E-state index in [1.165, 1.54) is 10.9 Å². The van der Waals surface area contributed by atoms with Gasteiger partial charge in [-0.2, -0.15) is 13.6 Å². The number of aliphatic hydroxyl groups excluding tert-OH is 2. The minimum atomic E-state index is -5.76. The van der Waals surface area contributed by atoms with E-state index in [1.54, 1.807) is 6.92 Å². The molecule has 2 aromatic rings. The van der Waals surface area contributed by atoms with Crippen LogP contribution < -0.4 is 11.4 Å². The lowest BCUT2D eigenvalue weighted by Crippen LogP contribution is -2.36. The van der Waals surface area contributed by atoms with Gasteiger partial charge in [0.05, 0.1) is 18.5 Å². The minimum Gasteiger partial charge on any atom is -0.387 e. The molecule has 35 heavy (non-hydrogen) atoms. The molecule has 3 unspecified atom stereocenters. The quantitative estimate of drug-likeness (QED) is 0.157. The molecule has 1 aliphatic heterocycles. The van der Waals surface area contributed by atoms with E-state index in [4.69, 9.17) is 25.2 Å². The molecule has 1 fully saturated rings. The summed E-state index contributed by atoms with van der Waals surface area (Å²) >= 11 is 0. The first-order chi connectivity index (χ1) is 16.0. The number of aryl methyl sites for hydroxylation is 1. The molecule has 20 nitrogen and oxygen atoms in total. The summed E-state index contributed by atoms with van der Waals surface area (Å²) in [6.45, 7) is 0.566. The fourth-order valence-corrected chi connectivity index (χ4v) is 5.89. The number of ether oxygens (including phenoxy) is 1. The number of phosphoric acid groups is 3. The van der Waals surface area contributed by atoms with Crippen LogP contribution in [0.3, 0.4) is 0 Å². The summed E-state index contributed by atoms with van der Waals surface area (Å²) in [5.74, 6) is -0.242. The van der Waals surface area contributed by atoms with E-state index in [2.05, 4.69) is 28.4 Å². The van der Waals surface area contributed by atoms with E-state index in [1.807, 2.05) is 0 Å². The second-order valence-corrected chi connectivity index (χ2v) is 11.4. The third kappa shape index (κ3) is 6.87. The number of rotatable bonds is 9. The van der Waals surface area contributed by atoms with Crippen molar-refractivity contribution in [3.8, 4) is 5.69 Å². The normalized spacial score (nSPS) is 26.4. The molecule has 0 radical (unpaired) electrons. The first kappa shape index (κ1) is 27.7. The van der Waals surface area contributed by atoms with Gasteiger partial charge in [0.1, 0.15) is 24.0 Å². The molecule has 6 atom stereocenters. The van der Waals surface area contributed by atoms with Crippen LogP contribution in [0.1, 0.15) is 11.9 Å². The minimum absolute atomic E-state index is 0.0622. The molecule has 196 valence electrons. The first-order valence-electron chi connectivity index (χ1n) is 9.06. The molecule has 0 aliphatic carbocycles. The number of nitrogens with two attached hydrogens (primary N) is 1. The maximum Gasteiger partial charge on any atom is 0.490 e. The number of nitrogen functional groups attached to an aromatic ring is 1. The SMILES string of the molecule is Cc1cn(-c2cn([C@@H]3O[C@H](COP(=O)(O)OP(=O)(O)OP(=O)(O)O)C(O)[C@@H]3O)c(=O)nc2N)nn1. The van der Waals surface area contributed by atoms with Crippen molar-refractivity contribution in [3.63, 3.8) is 0 Å². The zero-order valence-corrected chi connectivity index (χ0v) is 20.0. The van der Waals surface area contributed by atoms with E-state index in [0.29, 0.717) is 5.69 Å². The summed E-state index contributed by atoms with van der Waals surface area (Å²) in [6.07, 6.45) is -4.30. The van der Waals surface area contributed by atoms with Crippen LogP contribution in [0.5, 0.6) is 0 Å². The van der Waals surface area contributed by atoms with Crippen LogP contribution in [-0.4, -0.2) is 79.3 Å². The Morgan fingerprint density at radius 3 is 2.31 bits per heavy atom. The lowest BCUT2D eigenvalue weighted by Gasteiger charge is -2.19. The topological polar surface area (TPSA) is 301 Å². The largest absolute Gasteiger partial charge is 0.490 e. The van der Waals surface area contributed by atoms with Gasteiger partial charge in [-0.3, -0.25) is 9.09 Å². The van der Waals surface area contributed by atoms with Crippen LogP contribution in [0.4, 0.5) is 5.82 Å². The van der Waals surface area contributed by atoms with Crippen molar-refractivity contribution in [1.29, 1.82) is 0 Å². The Kier molecular flexibility index (Phi) is 7.81. The number of phosphoric ester groups is 1. The standard InChI is InChI=1S/C12H19N6O14P3/c1-5-2-18(16-15-5)6-3-17(12(21)14-10(6)13)11-9(20)8(19)7(30-11)4-29-34(25,26)32-35(27,28)31-33(22,23)24/h2-3,7-9,11,19-20H,4H2,1H3,(H,25,26)(H,27,28)(H2,13,14,21)(H2,22,23,24)/t7-,8?,9+,11-/m1/s1. The number of aromatic nitrogens is 5. The third-order valence-corrected chi connectivity index (χ3v) is 8.05. The molecule has 0 spiro atoms. The Bertz CT molecular complexity index is 1290. The summed E-state index contributed by atoms with van der Waals surface area (Å²) < 4.78 is 52.7. The van der Waals surface area contributed by atoms with Gasteiger partial charge in [-0.25, -0.2) is 23.2 Å². The second kappa shape index (κ2) is 9.87. The number of nitrogens with zero attached hydrogens (tertiary/aromatic N) is 5. The molecule has 23 heteroatoms. The summed E-state index contributed by atoms with van der Waals surface area (Å²) in [6, 6.07) is 0. The van der Waals surface area contributed by atoms with Gasteiger partial charge in [-0.15, -0.1) is 5.10 Å². The van der Waals surface area contributed by atoms with Gasteiger partial charge in [0, 0.05) is 6.20 Å². The fraction of sp³-hybridized carbons (Fsp3) is 0.500. The molecule has 0 bridgehead atoms. The van der Waals surface area contributed by atoms with Crippen LogP contribution in [0, 0.1) is 6.92 Å². The van der Waals surface area contributed by atoms with E-state index < -0.39 is 60.3 Å². The summed E-state index contributed by atoms with van der Waals surface area (Å²) in [4.78, 5) is 51.7. The Labute approximate surface area is 193 Å². The highest BCUT2D eigenvalue weighted by molar-refractivity contribution is 7.66. The van der Waals surface area contributed by atoms with Gasteiger partial charge >= 0.3 is 29.2 Å². The molecule has 8 N–H and O–H groups in total. The molecule has 0 saturated carbocycles. The van der Waals surface area contributed by atoms with Crippen molar-refractivity contribution in [1.82, 2.24) is 24.5 Å². The Hall–Kier alpha value is -1.89. The first-order valence-corrected chi connectivity index (χ1v) is 13.6. The Morgan fingerprint density at radius 2 is 1.74 bits per heavy atom. The number of anilines is 1. The maximum atomic E-state index is 12.3. The fourth-order valence-electron chi connectivity index (χ4n) is 2.86. The third-order valence-electron chi connectivity index (χ3n) is 4.24. The Balaban J connectivity index is 1.76. The van der Waals surface area contributed by atoms with Gasteiger partial charge in [-0.05, 0) is 6.92 Å². The van der Waals surface area contributed by atoms with Gasteiger partial charge in [0.2, 0.25) is 0 Å². The van der Waals surface area contributed by atoms with Crippen LogP contribution in [0.15, 0.2) is 17.2 Å². The van der Waals surface area contributed by atoms with Gasteiger partial charge in [0.25, 0.3) is 0 Å². The van der Waals surface area contributed by atoms with E-state index in [-0.39, 0.29) is 11.5 Å². The number of hydrogen-bond acceptors (Lipinski definition) is 14. The zero-order chi connectivity index (χ0) is 26.3. The molecule has 1 saturated heterocycles. The van der Waals surface area contributed by atoms with Crippen LogP contribution in [-0.2, 0) is 31.6 Å². The number of hydrogen-bond donors (Lipinski definition) is 7. The molecular formula is C12H19N6O14P3. The van der Waals surface area contributed by atoms with Crippen molar-refractivity contribution < 1.29 is 61.4 Å². The van der Waals surface area contributed by atoms with Crippen molar-refractivity contribution in [3.05, 3.63) is 28.6 Å². The molecular weight excluding hydrogens is 545 g/mol. The van der Waals surface area contributed by atoms with Gasteiger partial charge in [0.15, 0.2) is 12.0 Å². The zero-order valence-electron chi connectivity index (χ0n) is 17.3. The van der Waals surface area contributed by atoms with Gasteiger partial charge < -0.3 is 40.3 Å². The molecule has 3 heterocycles. The monoisotopic (exact) mass is 564 g/mol. The van der Waals surface area contributed by atoms with E-state index >= 15 is 0 Å². The molecule has 3 rings (SSSR count). The Morgan fingerprint density at radius 1 is 1.09 bits per heavy atom. The molecule has 0 amide bonds. The van der Waals surface area contributed by atoms with Crippen molar-refractivity contribution in [2.45, 2.75) is 31.5 Å². The predicted molar refractivity (Wildman–Crippen MR) is 108 cm³/mol. The smallest absolute Gasteiger partial charge is 0.387 e. The van der Waals surface area contributed by atoms with E-state index in [0.717, 1.165) is 10.8 Å². The number of aliphatic hydroxyl groups is 2. The molecule has 1 aliphatic rings. The van der Waals surface area contributed by atoms with Crippen molar-refractivity contribution >= 4 is 29.3 Å². The van der Waals surface area contributed by atoms with Gasteiger partial charge in [-0.1, -0.05) is 5.21 Å². The highest BCUT2D eigenvalue weighted by atomic mass is 31.3. The predicted octanol–water partition coefficient (Wildman–Crippen LogP) is -2.32. The lowest BCUT2D eigenvalue weighted by atomic mass is 10.1. The van der Waals surface area contributed by atoms with Crippen LogP contribution in [0.2, 0.25) is 0 Å². The maximum absolute atomic E-state index is 12.3. The highest BCUT2D eigenvalue weighted by Gasteiger charge is 2.47. The summed E-state index contributed by atoms with van der Waals surface area (Å²) in [7, 11) is -16.9. The van der Waals surface area contributed by atoms with Crippen LogP contribution in [0.25, 0.3) is 5.69 Å². The molecule has 0 aromatic carbocycles.